The van der Waals surface area contributed by atoms with E-state index in [0.717, 1.165) is 48.9 Å². The van der Waals surface area contributed by atoms with Gasteiger partial charge in [-0.05, 0) is 43.9 Å². The molecule has 1 aromatic rings. The summed E-state index contributed by atoms with van der Waals surface area (Å²) in [6.07, 6.45) is 6.79. The Balaban J connectivity index is 1.56. The fourth-order valence-electron chi connectivity index (χ4n) is 2.97. The predicted molar refractivity (Wildman–Crippen MR) is 79.7 cm³/mol. The third-order valence-corrected chi connectivity index (χ3v) is 5.46. The van der Waals surface area contributed by atoms with Crippen molar-refractivity contribution < 1.29 is 14.7 Å². The summed E-state index contributed by atoms with van der Waals surface area (Å²) in [5.41, 5.74) is -0.0631. The number of rotatable bonds is 5. The molecule has 2 aliphatic rings. The second-order valence-electron chi connectivity index (χ2n) is 6.23. The van der Waals surface area contributed by atoms with E-state index in [-0.39, 0.29) is 16.4 Å². The maximum atomic E-state index is 12.1. The van der Waals surface area contributed by atoms with Crippen molar-refractivity contribution in [1.29, 1.82) is 0 Å². The second-order valence-corrected chi connectivity index (χ2v) is 7.26. The topological polar surface area (TPSA) is 91.3 Å². The van der Waals surface area contributed by atoms with Crippen molar-refractivity contribution in [2.75, 3.05) is 5.32 Å². The van der Waals surface area contributed by atoms with Crippen molar-refractivity contribution in [2.45, 2.75) is 44.6 Å². The van der Waals surface area contributed by atoms with Crippen LogP contribution in [0, 0.1) is 11.8 Å². The van der Waals surface area contributed by atoms with Crippen molar-refractivity contribution in [3.05, 3.63) is 11.1 Å². The molecule has 0 saturated heterocycles. The van der Waals surface area contributed by atoms with Crippen LogP contribution in [0.2, 0.25) is 0 Å². The van der Waals surface area contributed by atoms with Crippen LogP contribution in [-0.4, -0.2) is 27.6 Å². The molecule has 2 saturated carbocycles. The number of aromatic nitrogens is 1. The van der Waals surface area contributed by atoms with Gasteiger partial charge in [-0.2, -0.15) is 0 Å². The fourth-order valence-corrected chi connectivity index (χ4v) is 3.62. The first-order valence-electron chi connectivity index (χ1n) is 7.26. The number of carboxylic acid groups (broad SMARTS) is 1. The van der Waals surface area contributed by atoms with Crippen molar-refractivity contribution in [3.63, 3.8) is 0 Å². The van der Waals surface area contributed by atoms with Crippen LogP contribution in [0.4, 0.5) is 9.93 Å². The molecule has 21 heavy (non-hydrogen) atoms. The van der Waals surface area contributed by atoms with Gasteiger partial charge in [0.1, 0.15) is 4.88 Å². The molecule has 2 amide bonds. The van der Waals surface area contributed by atoms with Gasteiger partial charge in [0.15, 0.2) is 5.13 Å². The van der Waals surface area contributed by atoms with Gasteiger partial charge in [0.05, 0.1) is 6.20 Å². The molecule has 0 spiro atoms. The fraction of sp³-hybridized carbons (Fsp3) is 0.643. The van der Waals surface area contributed by atoms with Crippen LogP contribution in [0.3, 0.4) is 0 Å². The van der Waals surface area contributed by atoms with Gasteiger partial charge in [0, 0.05) is 5.54 Å². The number of carbonyl (C=O) groups is 2. The maximum absolute atomic E-state index is 12.1. The van der Waals surface area contributed by atoms with Crippen molar-refractivity contribution in [2.24, 2.45) is 11.8 Å². The van der Waals surface area contributed by atoms with Crippen LogP contribution >= 0.6 is 11.3 Å². The molecule has 3 N–H and O–H groups in total. The highest BCUT2D eigenvalue weighted by molar-refractivity contribution is 7.17. The third-order valence-electron chi connectivity index (χ3n) is 4.56. The summed E-state index contributed by atoms with van der Waals surface area (Å²) in [5, 5.41) is 14.9. The predicted octanol–water partition coefficient (Wildman–Crippen LogP) is 2.93. The number of urea groups is 1. The van der Waals surface area contributed by atoms with E-state index in [9.17, 15) is 9.59 Å². The quantitative estimate of drug-likeness (QED) is 0.780. The summed E-state index contributed by atoms with van der Waals surface area (Å²) in [4.78, 5) is 26.9. The minimum atomic E-state index is -1.03. The minimum absolute atomic E-state index is 0.0631. The monoisotopic (exact) mass is 309 g/mol. The molecule has 1 heterocycles. The summed E-state index contributed by atoms with van der Waals surface area (Å²) in [6, 6.07) is -0.283. The van der Waals surface area contributed by atoms with Crippen LogP contribution in [0.15, 0.2) is 6.20 Å². The van der Waals surface area contributed by atoms with E-state index in [0.29, 0.717) is 5.13 Å². The molecular weight excluding hydrogens is 290 g/mol. The smallest absolute Gasteiger partial charge is 0.347 e. The number of carbonyl (C=O) groups excluding carboxylic acids is 1. The van der Waals surface area contributed by atoms with Gasteiger partial charge in [0.25, 0.3) is 0 Å². The molecule has 2 atom stereocenters. The van der Waals surface area contributed by atoms with Crippen LogP contribution in [-0.2, 0) is 0 Å². The lowest BCUT2D eigenvalue weighted by Gasteiger charge is -2.43. The molecule has 1 aromatic heterocycles. The lowest BCUT2D eigenvalue weighted by Crippen LogP contribution is -2.55. The average molecular weight is 309 g/mol. The van der Waals surface area contributed by atoms with Crippen molar-refractivity contribution in [1.82, 2.24) is 10.3 Å². The molecule has 0 aromatic carbocycles. The number of thiazole rings is 1. The highest BCUT2D eigenvalue weighted by Gasteiger charge is 2.45. The lowest BCUT2D eigenvalue weighted by molar-refractivity contribution is 0.0702. The first-order chi connectivity index (χ1) is 9.97. The summed E-state index contributed by atoms with van der Waals surface area (Å²) in [5.74, 6) is 0.493. The molecule has 3 rings (SSSR count). The molecule has 0 radical (unpaired) electrons. The van der Waals surface area contributed by atoms with Gasteiger partial charge in [-0.15, -0.1) is 0 Å². The molecule has 7 heteroatoms. The van der Waals surface area contributed by atoms with E-state index in [1.165, 1.54) is 12.6 Å². The zero-order chi connectivity index (χ0) is 15.0. The number of amides is 2. The number of hydrogen-bond donors (Lipinski definition) is 3. The summed E-state index contributed by atoms with van der Waals surface area (Å²) in [6.45, 7) is 2.25. The van der Waals surface area contributed by atoms with Crippen LogP contribution in [0.25, 0.3) is 0 Å². The van der Waals surface area contributed by atoms with E-state index >= 15 is 0 Å². The highest BCUT2D eigenvalue weighted by atomic mass is 32.1. The van der Waals surface area contributed by atoms with Gasteiger partial charge >= 0.3 is 12.0 Å². The zero-order valence-electron chi connectivity index (χ0n) is 11.9. The number of nitrogens with one attached hydrogen (secondary N) is 2. The number of carboxylic acids is 1. The average Bonchev–Trinajstić information content (AvgIpc) is 2.87. The Morgan fingerprint density at radius 3 is 2.71 bits per heavy atom. The van der Waals surface area contributed by atoms with Gasteiger partial charge in [0.2, 0.25) is 0 Å². The second kappa shape index (κ2) is 5.29. The van der Waals surface area contributed by atoms with Gasteiger partial charge in [-0.1, -0.05) is 18.3 Å². The van der Waals surface area contributed by atoms with Gasteiger partial charge < -0.3 is 10.4 Å². The Morgan fingerprint density at radius 1 is 1.52 bits per heavy atom. The van der Waals surface area contributed by atoms with E-state index in [2.05, 4.69) is 22.5 Å². The Bertz CT molecular complexity index is 568. The molecule has 0 aliphatic heterocycles. The van der Waals surface area contributed by atoms with E-state index < -0.39 is 5.97 Å². The molecule has 6 nitrogen and oxygen atoms in total. The van der Waals surface area contributed by atoms with E-state index in [1.54, 1.807) is 0 Å². The summed E-state index contributed by atoms with van der Waals surface area (Å²) >= 11 is 0.965. The summed E-state index contributed by atoms with van der Waals surface area (Å²) < 4.78 is 0. The van der Waals surface area contributed by atoms with Crippen molar-refractivity contribution >= 4 is 28.5 Å². The Morgan fingerprint density at radius 2 is 2.24 bits per heavy atom. The minimum Gasteiger partial charge on any atom is -0.477 e. The Labute approximate surface area is 127 Å². The summed E-state index contributed by atoms with van der Waals surface area (Å²) in [7, 11) is 0. The van der Waals surface area contributed by atoms with E-state index in [1.807, 2.05) is 0 Å². The molecule has 0 bridgehead atoms. The number of aromatic carboxylic acids is 1. The normalized spacial score (nSPS) is 25.8. The first-order valence-corrected chi connectivity index (χ1v) is 8.07. The third kappa shape index (κ3) is 3.18. The van der Waals surface area contributed by atoms with Gasteiger partial charge in [-0.3, -0.25) is 5.32 Å². The number of hydrogen-bond acceptors (Lipinski definition) is 4. The molecule has 1 unspecified atom stereocenters. The van der Waals surface area contributed by atoms with Crippen LogP contribution in [0.5, 0.6) is 0 Å². The van der Waals surface area contributed by atoms with Crippen LogP contribution < -0.4 is 10.6 Å². The molecular formula is C14H19N3O3S. The van der Waals surface area contributed by atoms with E-state index in [4.69, 9.17) is 5.11 Å². The standard InChI is InChI=1S/C14H19N3O3S/c1-8-5-9(8)6-14(3-2-4-14)17-12(20)16-13-15-7-10(21-13)11(18)19/h7-9H,2-6H2,1H3,(H,18,19)(H2,15,16,17,20)/t8-,9?/m0/s1. The Kier molecular flexibility index (Phi) is 3.61. The molecule has 2 fully saturated rings. The first kappa shape index (κ1) is 14.3. The number of anilines is 1. The van der Waals surface area contributed by atoms with Crippen molar-refractivity contribution in [3.8, 4) is 0 Å². The largest absolute Gasteiger partial charge is 0.477 e. The van der Waals surface area contributed by atoms with Crippen LogP contribution in [0.1, 0.15) is 48.7 Å². The SMILES string of the molecule is C[C@H]1CC1CC1(NC(=O)Nc2ncc(C(=O)O)s2)CCC1. The van der Waals surface area contributed by atoms with Gasteiger partial charge in [-0.25, -0.2) is 14.6 Å². The Hall–Kier alpha value is -1.63. The zero-order valence-corrected chi connectivity index (χ0v) is 12.7. The highest BCUT2D eigenvalue weighted by Crippen LogP contribution is 2.48. The molecule has 114 valence electrons. The maximum Gasteiger partial charge on any atom is 0.347 e. The number of nitrogens with zero attached hydrogens (tertiary/aromatic N) is 1. The molecule has 2 aliphatic carbocycles. The lowest BCUT2D eigenvalue weighted by atomic mass is 9.73.